The molecule has 2 aromatic carbocycles. The molecule has 0 aliphatic heterocycles. The van der Waals surface area contributed by atoms with Crippen molar-refractivity contribution in [3.8, 4) is 0 Å². The zero-order chi connectivity index (χ0) is 14.7. The molecule has 0 saturated carbocycles. The molecule has 1 N–H and O–H groups in total. The van der Waals surface area contributed by atoms with E-state index in [2.05, 4.69) is 47.2 Å². The van der Waals surface area contributed by atoms with Crippen LogP contribution < -0.4 is 5.32 Å². The summed E-state index contributed by atoms with van der Waals surface area (Å²) in [6.45, 7) is 6.72. The molecule has 0 bridgehead atoms. The second-order valence-corrected chi connectivity index (χ2v) is 5.88. The number of halogens is 2. The number of hydrogen-bond donors (Lipinski definition) is 1. The molecule has 3 heteroatoms. The zero-order valence-electron chi connectivity index (χ0n) is 12.0. The maximum Gasteiger partial charge on any atom is 0.126 e. The molecule has 0 aromatic heterocycles. The van der Waals surface area contributed by atoms with Crippen molar-refractivity contribution in [1.29, 1.82) is 0 Å². The molecule has 0 aliphatic carbocycles. The van der Waals surface area contributed by atoms with Gasteiger partial charge in [-0.2, -0.15) is 0 Å². The Balaban J connectivity index is 2.49. The Kier molecular flexibility index (Phi) is 4.95. The van der Waals surface area contributed by atoms with E-state index in [0.29, 0.717) is 5.56 Å². The van der Waals surface area contributed by atoms with Crippen molar-refractivity contribution in [2.45, 2.75) is 26.8 Å². The maximum absolute atomic E-state index is 13.8. The van der Waals surface area contributed by atoms with Gasteiger partial charge in [-0.3, -0.25) is 0 Å². The van der Waals surface area contributed by atoms with Crippen molar-refractivity contribution in [2.75, 3.05) is 6.54 Å². The van der Waals surface area contributed by atoms with E-state index in [4.69, 9.17) is 0 Å². The van der Waals surface area contributed by atoms with Crippen molar-refractivity contribution in [2.24, 2.45) is 0 Å². The summed E-state index contributed by atoms with van der Waals surface area (Å²) in [5.41, 5.74) is 3.95. The van der Waals surface area contributed by atoms with E-state index in [0.717, 1.165) is 22.1 Å². The lowest BCUT2D eigenvalue weighted by Gasteiger charge is -2.21. The zero-order valence-corrected chi connectivity index (χ0v) is 13.6. The first-order valence-electron chi connectivity index (χ1n) is 6.78. The molecule has 0 heterocycles. The quantitative estimate of drug-likeness (QED) is 0.837. The normalized spacial score (nSPS) is 12.4. The monoisotopic (exact) mass is 335 g/mol. The topological polar surface area (TPSA) is 12.0 Å². The molecule has 20 heavy (non-hydrogen) atoms. The molecule has 2 aromatic rings. The predicted octanol–water partition coefficient (Wildman–Crippen LogP) is 4.90. The molecular weight excluding hydrogens is 317 g/mol. The summed E-state index contributed by atoms with van der Waals surface area (Å²) in [4.78, 5) is 0. The molecule has 1 atom stereocenters. The first-order chi connectivity index (χ1) is 9.52. The van der Waals surface area contributed by atoms with E-state index in [1.807, 2.05) is 18.2 Å². The van der Waals surface area contributed by atoms with Crippen LogP contribution in [0.2, 0.25) is 0 Å². The Bertz CT molecular complexity index is 610. The summed E-state index contributed by atoms with van der Waals surface area (Å²) in [7, 11) is 0. The van der Waals surface area contributed by atoms with Gasteiger partial charge in [-0.1, -0.05) is 52.7 Å². The molecule has 0 amide bonds. The molecule has 0 radical (unpaired) electrons. The second kappa shape index (κ2) is 6.51. The van der Waals surface area contributed by atoms with Crippen LogP contribution in [0.5, 0.6) is 0 Å². The van der Waals surface area contributed by atoms with Crippen LogP contribution in [0, 0.1) is 19.7 Å². The molecule has 1 nitrogen and oxygen atoms in total. The van der Waals surface area contributed by atoms with Gasteiger partial charge in [0.25, 0.3) is 0 Å². The van der Waals surface area contributed by atoms with E-state index >= 15 is 0 Å². The summed E-state index contributed by atoms with van der Waals surface area (Å²) in [5, 5.41) is 3.43. The van der Waals surface area contributed by atoms with Gasteiger partial charge >= 0.3 is 0 Å². The smallest absolute Gasteiger partial charge is 0.126 e. The lowest BCUT2D eigenvalue weighted by Crippen LogP contribution is -2.22. The van der Waals surface area contributed by atoms with Gasteiger partial charge in [-0.05, 0) is 49.2 Å². The standard InChI is InChI=1S/C17H19BrFN/c1-4-20-17(13-7-6-12(3)16(19)10-13)14-9-11(2)5-8-15(14)18/h5-10,17,20H,4H2,1-3H3. The van der Waals surface area contributed by atoms with Crippen LogP contribution >= 0.6 is 15.9 Å². The van der Waals surface area contributed by atoms with E-state index in [9.17, 15) is 4.39 Å². The fourth-order valence-electron chi connectivity index (χ4n) is 2.28. The first-order valence-corrected chi connectivity index (χ1v) is 7.57. The fourth-order valence-corrected chi connectivity index (χ4v) is 2.76. The van der Waals surface area contributed by atoms with Gasteiger partial charge in [0.2, 0.25) is 0 Å². The number of hydrogen-bond acceptors (Lipinski definition) is 1. The third-order valence-corrected chi connectivity index (χ3v) is 4.12. The Morgan fingerprint density at radius 3 is 2.55 bits per heavy atom. The number of nitrogens with one attached hydrogen (secondary N) is 1. The summed E-state index contributed by atoms with van der Waals surface area (Å²) in [5.74, 6) is -0.158. The number of rotatable bonds is 4. The molecule has 106 valence electrons. The SMILES string of the molecule is CCNC(c1ccc(C)c(F)c1)c1cc(C)ccc1Br. The molecule has 2 rings (SSSR count). The largest absolute Gasteiger partial charge is 0.306 e. The van der Waals surface area contributed by atoms with E-state index in [1.54, 1.807) is 13.0 Å². The Hall–Kier alpha value is -1.19. The van der Waals surface area contributed by atoms with Crippen molar-refractivity contribution in [3.63, 3.8) is 0 Å². The minimum Gasteiger partial charge on any atom is -0.306 e. The van der Waals surface area contributed by atoms with Crippen LogP contribution in [-0.2, 0) is 0 Å². The minimum atomic E-state index is -0.158. The van der Waals surface area contributed by atoms with Gasteiger partial charge in [0.05, 0.1) is 6.04 Å². The second-order valence-electron chi connectivity index (χ2n) is 5.02. The third-order valence-electron chi connectivity index (χ3n) is 3.40. The van der Waals surface area contributed by atoms with Crippen LogP contribution in [-0.4, -0.2) is 6.54 Å². The summed E-state index contributed by atoms with van der Waals surface area (Å²) < 4.78 is 14.9. The molecule has 0 saturated heterocycles. The lowest BCUT2D eigenvalue weighted by atomic mass is 9.96. The Morgan fingerprint density at radius 2 is 1.90 bits per heavy atom. The maximum atomic E-state index is 13.8. The highest BCUT2D eigenvalue weighted by molar-refractivity contribution is 9.10. The van der Waals surface area contributed by atoms with Gasteiger partial charge in [0, 0.05) is 4.47 Å². The Labute approximate surface area is 128 Å². The van der Waals surface area contributed by atoms with E-state index in [-0.39, 0.29) is 11.9 Å². The average Bonchev–Trinajstić information content (AvgIpc) is 2.42. The van der Waals surface area contributed by atoms with Gasteiger partial charge < -0.3 is 5.32 Å². The van der Waals surface area contributed by atoms with Crippen LogP contribution in [0.3, 0.4) is 0 Å². The van der Waals surface area contributed by atoms with Crippen LogP contribution in [0.1, 0.15) is 35.2 Å². The number of benzene rings is 2. The predicted molar refractivity (Wildman–Crippen MR) is 85.5 cm³/mol. The van der Waals surface area contributed by atoms with Crippen LogP contribution in [0.25, 0.3) is 0 Å². The highest BCUT2D eigenvalue weighted by Gasteiger charge is 2.17. The van der Waals surface area contributed by atoms with Crippen molar-refractivity contribution < 1.29 is 4.39 Å². The average molecular weight is 336 g/mol. The van der Waals surface area contributed by atoms with Gasteiger partial charge in [0.15, 0.2) is 0 Å². The summed E-state index contributed by atoms with van der Waals surface area (Å²) in [6.07, 6.45) is 0. The Morgan fingerprint density at radius 1 is 1.15 bits per heavy atom. The molecule has 0 aliphatic rings. The van der Waals surface area contributed by atoms with Crippen LogP contribution in [0.4, 0.5) is 4.39 Å². The molecule has 0 spiro atoms. The van der Waals surface area contributed by atoms with Crippen molar-refractivity contribution in [1.82, 2.24) is 5.32 Å². The highest BCUT2D eigenvalue weighted by Crippen LogP contribution is 2.30. The lowest BCUT2D eigenvalue weighted by molar-refractivity contribution is 0.596. The minimum absolute atomic E-state index is 0.00984. The van der Waals surface area contributed by atoms with Crippen LogP contribution in [0.15, 0.2) is 40.9 Å². The van der Waals surface area contributed by atoms with Gasteiger partial charge in [0.1, 0.15) is 5.82 Å². The highest BCUT2D eigenvalue weighted by atomic mass is 79.9. The fraction of sp³-hybridized carbons (Fsp3) is 0.294. The summed E-state index contributed by atoms with van der Waals surface area (Å²) >= 11 is 3.60. The molecule has 0 fully saturated rings. The van der Waals surface area contributed by atoms with Gasteiger partial charge in [-0.15, -0.1) is 0 Å². The van der Waals surface area contributed by atoms with Crippen molar-refractivity contribution in [3.05, 3.63) is 68.9 Å². The number of aryl methyl sites for hydroxylation is 2. The van der Waals surface area contributed by atoms with E-state index in [1.165, 1.54) is 5.56 Å². The summed E-state index contributed by atoms with van der Waals surface area (Å²) in [6, 6.07) is 11.7. The van der Waals surface area contributed by atoms with E-state index < -0.39 is 0 Å². The van der Waals surface area contributed by atoms with Gasteiger partial charge in [-0.25, -0.2) is 4.39 Å². The molecule has 1 unspecified atom stereocenters. The third kappa shape index (κ3) is 3.28. The molecular formula is C17H19BrFN. The first kappa shape index (κ1) is 15.2. The van der Waals surface area contributed by atoms with Crippen molar-refractivity contribution >= 4 is 15.9 Å².